The highest BCUT2D eigenvalue weighted by Gasteiger charge is 2.47. The Kier molecular flexibility index (Phi) is 6.30. The molecule has 4 rings (SSSR count). The number of aromatic nitrogens is 2. The molecule has 1 fully saturated rings. The number of carbonyl (C=O) groups excluding carboxylic acids is 1. The fourth-order valence-electron chi connectivity index (χ4n) is 3.83. The zero-order chi connectivity index (χ0) is 21.1. The number of hydrogen-bond donors (Lipinski definition) is 2. The van der Waals surface area contributed by atoms with Crippen molar-refractivity contribution in [2.24, 2.45) is 0 Å². The standard InChI is InChI=1S/C19H24F3N5O2S/c20-19(21,22)16-11-14(15-3-1-10-30-15)25-17-13(12-24-27(16)17)18(28)23-4-2-5-26-6-8-29-9-7-26/h1,3,10,12,14,16,25H,2,4-9,11H2,(H,23,28). The molecule has 2 aromatic heterocycles. The van der Waals surface area contributed by atoms with Gasteiger partial charge in [0.1, 0.15) is 11.4 Å². The number of rotatable bonds is 6. The summed E-state index contributed by atoms with van der Waals surface area (Å²) in [5.74, 6) is -0.300. The van der Waals surface area contributed by atoms with Crippen molar-refractivity contribution < 1.29 is 22.7 Å². The highest BCUT2D eigenvalue weighted by molar-refractivity contribution is 7.10. The summed E-state index contributed by atoms with van der Waals surface area (Å²) in [6.45, 7) is 4.45. The first-order valence-electron chi connectivity index (χ1n) is 9.96. The molecule has 2 unspecified atom stereocenters. The van der Waals surface area contributed by atoms with Crippen LogP contribution in [0.2, 0.25) is 0 Å². The predicted molar refractivity (Wildman–Crippen MR) is 107 cm³/mol. The van der Waals surface area contributed by atoms with Crippen molar-refractivity contribution in [2.75, 3.05) is 44.7 Å². The quantitative estimate of drug-likeness (QED) is 0.672. The molecule has 2 N–H and O–H groups in total. The molecule has 2 aliphatic heterocycles. The van der Waals surface area contributed by atoms with E-state index in [1.807, 2.05) is 5.38 Å². The number of alkyl halides is 3. The van der Waals surface area contributed by atoms with Crippen LogP contribution in [0.3, 0.4) is 0 Å². The Balaban J connectivity index is 1.43. The number of morpholine rings is 1. The molecular weight excluding hydrogens is 419 g/mol. The molecule has 7 nitrogen and oxygen atoms in total. The van der Waals surface area contributed by atoms with Crippen molar-refractivity contribution >= 4 is 23.1 Å². The first-order chi connectivity index (χ1) is 14.4. The van der Waals surface area contributed by atoms with E-state index in [4.69, 9.17) is 4.74 Å². The summed E-state index contributed by atoms with van der Waals surface area (Å²) in [6.07, 6.45) is -2.65. The second-order valence-corrected chi connectivity index (χ2v) is 8.40. The van der Waals surface area contributed by atoms with Crippen LogP contribution < -0.4 is 10.6 Å². The summed E-state index contributed by atoms with van der Waals surface area (Å²) in [7, 11) is 0. The number of anilines is 1. The number of nitrogens with zero attached hydrogens (tertiary/aromatic N) is 3. The lowest BCUT2D eigenvalue weighted by atomic mass is 10.0. The Morgan fingerprint density at radius 3 is 2.87 bits per heavy atom. The third kappa shape index (κ3) is 4.62. The van der Waals surface area contributed by atoms with Crippen molar-refractivity contribution in [3.8, 4) is 0 Å². The fourth-order valence-corrected chi connectivity index (χ4v) is 4.62. The third-order valence-corrected chi connectivity index (χ3v) is 6.40. The van der Waals surface area contributed by atoms with Gasteiger partial charge in [0.15, 0.2) is 6.04 Å². The zero-order valence-electron chi connectivity index (χ0n) is 16.3. The molecule has 11 heteroatoms. The molecule has 0 aromatic carbocycles. The Morgan fingerprint density at radius 2 is 2.17 bits per heavy atom. The van der Waals surface area contributed by atoms with E-state index in [-0.39, 0.29) is 17.8 Å². The highest BCUT2D eigenvalue weighted by Crippen LogP contribution is 2.44. The number of thiophene rings is 1. The van der Waals surface area contributed by atoms with Gasteiger partial charge in [-0.15, -0.1) is 11.3 Å². The second-order valence-electron chi connectivity index (χ2n) is 7.42. The summed E-state index contributed by atoms with van der Waals surface area (Å²) >= 11 is 1.39. The van der Waals surface area contributed by atoms with E-state index in [9.17, 15) is 18.0 Å². The first kappa shape index (κ1) is 21.1. The summed E-state index contributed by atoms with van der Waals surface area (Å²) in [6, 6.07) is 1.31. The predicted octanol–water partition coefficient (Wildman–Crippen LogP) is 3.06. The minimum absolute atomic E-state index is 0.118. The second kappa shape index (κ2) is 8.94. The van der Waals surface area contributed by atoms with Crippen LogP contribution in [0, 0.1) is 0 Å². The van der Waals surface area contributed by atoms with Gasteiger partial charge in [-0.3, -0.25) is 9.69 Å². The lowest BCUT2D eigenvalue weighted by molar-refractivity contribution is -0.173. The molecule has 2 aromatic rings. The Hall–Kier alpha value is -2.11. The van der Waals surface area contributed by atoms with E-state index in [1.54, 1.807) is 12.1 Å². The topological polar surface area (TPSA) is 71.4 Å². The van der Waals surface area contributed by atoms with Gasteiger partial charge in [-0.05, 0) is 24.4 Å². The van der Waals surface area contributed by atoms with Crippen molar-refractivity contribution in [1.29, 1.82) is 0 Å². The van der Waals surface area contributed by atoms with Gasteiger partial charge in [0.05, 0.1) is 25.5 Å². The summed E-state index contributed by atoms with van der Waals surface area (Å²) in [5, 5.41) is 11.6. The number of halogens is 3. The molecule has 4 heterocycles. The lowest BCUT2D eigenvalue weighted by Crippen LogP contribution is -2.38. The molecule has 2 atom stereocenters. The highest BCUT2D eigenvalue weighted by atomic mass is 32.1. The largest absolute Gasteiger partial charge is 0.410 e. The van der Waals surface area contributed by atoms with Crippen molar-refractivity contribution in [3.63, 3.8) is 0 Å². The zero-order valence-corrected chi connectivity index (χ0v) is 17.1. The monoisotopic (exact) mass is 443 g/mol. The molecule has 30 heavy (non-hydrogen) atoms. The molecule has 2 aliphatic rings. The number of nitrogens with one attached hydrogen (secondary N) is 2. The van der Waals surface area contributed by atoms with E-state index in [0.717, 1.165) is 35.6 Å². The van der Waals surface area contributed by atoms with Crippen LogP contribution in [0.4, 0.5) is 19.0 Å². The molecule has 0 aliphatic carbocycles. The van der Waals surface area contributed by atoms with Crippen molar-refractivity contribution in [3.05, 3.63) is 34.2 Å². The van der Waals surface area contributed by atoms with E-state index in [2.05, 4.69) is 20.6 Å². The number of carbonyl (C=O) groups is 1. The van der Waals surface area contributed by atoms with Crippen LogP contribution >= 0.6 is 11.3 Å². The Bertz CT molecular complexity index is 849. The average Bonchev–Trinajstić information content (AvgIpc) is 3.40. The first-order valence-corrected chi connectivity index (χ1v) is 10.8. The Labute approximate surface area is 176 Å². The molecule has 0 spiro atoms. The van der Waals surface area contributed by atoms with Gasteiger partial charge in [0, 0.05) is 30.9 Å². The molecule has 0 bridgehead atoms. The maximum absolute atomic E-state index is 13.7. The van der Waals surface area contributed by atoms with Gasteiger partial charge in [-0.1, -0.05) is 6.07 Å². The van der Waals surface area contributed by atoms with Crippen LogP contribution in [0.25, 0.3) is 0 Å². The summed E-state index contributed by atoms with van der Waals surface area (Å²) in [4.78, 5) is 15.7. The number of ether oxygens (including phenoxy) is 1. The SMILES string of the molecule is O=C(NCCCN1CCOCC1)c1cnn2c1NC(c1cccs1)CC2C(F)(F)F. The number of fused-ring (bicyclic) bond motifs is 1. The summed E-state index contributed by atoms with van der Waals surface area (Å²) in [5.41, 5.74) is 0.136. The fraction of sp³-hybridized carbons (Fsp3) is 0.579. The average molecular weight is 443 g/mol. The van der Waals surface area contributed by atoms with Gasteiger partial charge in [0.2, 0.25) is 0 Å². The van der Waals surface area contributed by atoms with Crippen LogP contribution in [0.15, 0.2) is 23.7 Å². The third-order valence-electron chi connectivity index (χ3n) is 5.41. The summed E-state index contributed by atoms with van der Waals surface area (Å²) < 4.78 is 47.2. The van der Waals surface area contributed by atoms with Crippen molar-refractivity contribution in [1.82, 2.24) is 20.0 Å². The van der Waals surface area contributed by atoms with Gasteiger partial charge >= 0.3 is 6.18 Å². The van der Waals surface area contributed by atoms with E-state index in [1.165, 1.54) is 17.5 Å². The molecular formula is C19H24F3N5O2S. The van der Waals surface area contributed by atoms with Crippen LogP contribution in [-0.4, -0.2) is 66.2 Å². The molecule has 0 radical (unpaired) electrons. The molecule has 1 saturated heterocycles. The van der Waals surface area contributed by atoms with E-state index in [0.29, 0.717) is 19.8 Å². The normalized spacial score (nSPS) is 22.4. The number of amides is 1. The Morgan fingerprint density at radius 1 is 1.37 bits per heavy atom. The lowest BCUT2D eigenvalue weighted by Gasteiger charge is -2.33. The van der Waals surface area contributed by atoms with Crippen LogP contribution in [-0.2, 0) is 4.74 Å². The maximum atomic E-state index is 13.7. The maximum Gasteiger partial charge on any atom is 0.410 e. The van der Waals surface area contributed by atoms with Crippen LogP contribution in [0.5, 0.6) is 0 Å². The van der Waals surface area contributed by atoms with Crippen LogP contribution in [0.1, 0.15) is 40.2 Å². The van der Waals surface area contributed by atoms with Gasteiger partial charge < -0.3 is 15.4 Å². The molecule has 1 amide bonds. The molecule has 0 saturated carbocycles. The van der Waals surface area contributed by atoms with Gasteiger partial charge in [-0.25, -0.2) is 4.68 Å². The smallest absolute Gasteiger partial charge is 0.379 e. The van der Waals surface area contributed by atoms with E-state index < -0.39 is 24.2 Å². The minimum Gasteiger partial charge on any atom is -0.379 e. The van der Waals surface area contributed by atoms with Crippen molar-refractivity contribution in [2.45, 2.75) is 31.1 Å². The number of hydrogen-bond acceptors (Lipinski definition) is 6. The van der Waals surface area contributed by atoms with Gasteiger partial charge in [-0.2, -0.15) is 18.3 Å². The minimum atomic E-state index is -4.45. The van der Waals surface area contributed by atoms with E-state index >= 15 is 0 Å². The molecule has 164 valence electrons. The van der Waals surface area contributed by atoms with Gasteiger partial charge in [0.25, 0.3) is 5.91 Å².